The van der Waals surface area contributed by atoms with Gasteiger partial charge < -0.3 is 14.8 Å². The Morgan fingerprint density at radius 3 is 2.64 bits per heavy atom. The molecule has 1 unspecified atom stereocenters. The molecule has 2 aromatic carbocycles. The summed E-state index contributed by atoms with van der Waals surface area (Å²) < 4.78 is 11.1. The Morgan fingerprint density at radius 1 is 1.09 bits per heavy atom. The number of hydrogen-bond donors (Lipinski definition) is 1. The van der Waals surface area contributed by atoms with Gasteiger partial charge >= 0.3 is 0 Å². The number of amides is 1. The molecule has 4 nitrogen and oxygen atoms in total. The summed E-state index contributed by atoms with van der Waals surface area (Å²) in [5.74, 6) is 6.92. The number of para-hydroxylation sites is 2. The summed E-state index contributed by atoms with van der Waals surface area (Å²) >= 11 is 0. The van der Waals surface area contributed by atoms with Crippen molar-refractivity contribution in [2.45, 2.75) is 6.10 Å². The van der Waals surface area contributed by atoms with Gasteiger partial charge in [0, 0.05) is 5.56 Å². The summed E-state index contributed by atoms with van der Waals surface area (Å²) in [5.41, 5.74) is 0.919. The summed E-state index contributed by atoms with van der Waals surface area (Å²) in [6.45, 7) is 0.476. The molecule has 1 aliphatic heterocycles. The Morgan fingerprint density at radius 2 is 1.82 bits per heavy atom. The highest BCUT2D eigenvalue weighted by molar-refractivity contribution is 5.82. The smallest absolute Gasteiger partial charge is 0.265 e. The van der Waals surface area contributed by atoms with Crippen molar-refractivity contribution in [2.75, 3.05) is 13.2 Å². The van der Waals surface area contributed by atoms with E-state index in [0.29, 0.717) is 11.5 Å². The van der Waals surface area contributed by atoms with Crippen molar-refractivity contribution in [3.05, 3.63) is 60.2 Å². The molecule has 1 heterocycles. The van der Waals surface area contributed by atoms with Crippen LogP contribution in [0.25, 0.3) is 0 Å². The Kier molecular flexibility index (Phi) is 4.26. The third-order valence-corrected chi connectivity index (χ3v) is 3.16. The van der Waals surface area contributed by atoms with Gasteiger partial charge in [0.1, 0.15) is 6.61 Å². The van der Waals surface area contributed by atoms with Gasteiger partial charge in [-0.3, -0.25) is 4.79 Å². The average Bonchev–Trinajstić information content (AvgIpc) is 2.59. The van der Waals surface area contributed by atoms with E-state index in [4.69, 9.17) is 9.47 Å². The predicted octanol–water partition coefficient (Wildman–Crippen LogP) is 1.99. The third kappa shape index (κ3) is 3.39. The van der Waals surface area contributed by atoms with Crippen LogP contribution in [0, 0.1) is 11.8 Å². The Bertz CT molecular complexity index is 716. The highest BCUT2D eigenvalue weighted by Crippen LogP contribution is 2.30. The molecule has 1 aliphatic rings. The van der Waals surface area contributed by atoms with E-state index < -0.39 is 6.10 Å². The predicted molar refractivity (Wildman–Crippen MR) is 82.7 cm³/mol. The molecule has 1 N–H and O–H groups in total. The highest BCUT2D eigenvalue weighted by Gasteiger charge is 2.26. The van der Waals surface area contributed by atoms with Crippen molar-refractivity contribution in [1.29, 1.82) is 0 Å². The van der Waals surface area contributed by atoms with Crippen molar-refractivity contribution < 1.29 is 14.3 Å². The zero-order valence-electron chi connectivity index (χ0n) is 11.9. The lowest BCUT2D eigenvalue weighted by molar-refractivity contribution is -0.130. The normalized spacial score (nSPS) is 15.4. The van der Waals surface area contributed by atoms with Crippen molar-refractivity contribution >= 4 is 5.91 Å². The third-order valence-electron chi connectivity index (χ3n) is 3.16. The minimum Gasteiger partial charge on any atom is -0.485 e. The van der Waals surface area contributed by atoms with Crippen LogP contribution in [0.1, 0.15) is 5.56 Å². The number of hydrogen-bond acceptors (Lipinski definition) is 3. The molecule has 1 amide bonds. The van der Waals surface area contributed by atoms with Gasteiger partial charge in [0.2, 0.25) is 6.10 Å². The maximum atomic E-state index is 12.0. The molecule has 0 aliphatic carbocycles. The number of rotatable bonds is 2. The molecule has 0 bridgehead atoms. The molecule has 0 aromatic heterocycles. The van der Waals surface area contributed by atoms with Crippen molar-refractivity contribution in [2.24, 2.45) is 0 Å². The summed E-state index contributed by atoms with van der Waals surface area (Å²) in [5, 5.41) is 2.74. The lowest BCUT2D eigenvalue weighted by Gasteiger charge is -2.25. The van der Waals surface area contributed by atoms with E-state index in [1.165, 1.54) is 0 Å². The van der Waals surface area contributed by atoms with Gasteiger partial charge in [0.05, 0.1) is 6.54 Å². The monoisotopic (exact) mass is 293 g/mol. The molecule has 0 spiro atoms. The van der Waals surface area contributed by atoms with E-state index in [2.05, 4.69) is 17.2 Å². The zero-order valence-corrected chi connectivity index (χ0v) is 11.9. The molecule has 0 radical (unpaired) electrons. The second-order valence-electron chi connectivity index (χ2n) is 4.75. The highest BCUT2D eigenvalue weighted by atomic mass is 16.6. The quantitative estimate of drug-likeness (QED) is 0.862. The molecule has 0 fully saturated rings. The number of carbonyl (C=O) groups excluding carboxylic acids is 1. The molecular weight excluding hydrogens is 278 g/mol. The fraction of sp³-hybridized carbons (Fsp3) is 0.167. The van der Waals surface area contributed by atoms with Crippen LogP contribution in [0.15, 0.2) is 54.6 Å². The Hall–Kier alpha value is -2.93. The average molecular weight is 293 g/mol. The first-order valence-electron chi connectivity index (χ1n) is 7.03. The molecule has 1 atom stereocenters. The topological polar surface area (TPSA) is 47.6 Å². The van der Waals surface area contributed by atoms with Crippen LogP contribution in [0.2, 0.25) is 0 Å². The maximum absolute atomic E-state index is 12.0. The fourth-order valence-corrected chi connectivity index (χ4v) is 2.06. The van der Waals surface area contributed by atoms with E-state index in [1.54, 1.807) is 6.07 Å². The largest absolute Gasteiger partial charge is 0.485 e. The lowest BCUT2D eigenvalue weighted by Crippen LogP contribution is -2.44. The number of carbonyl (C=O) groups is 1. The Balaban J connectivity index is 1.52. The van der Waals surface area contributed by atoms with Crippen LogP contribution in [-0.4, -0.2) is 25.2 Å². The van der Waals surface area contributed by atoms with Crippen LogP contribution >= 0.6 is 0 Å². The molecule has 110 valence electrons. The molecule has 4 heteroatoms. The molecule has 3 rings (SSSR count). The Labute approximate surface area is 129 Å². The van der Waals surface area contributed by atoms with Crippen LogP contribution in [0.5, 0.6) is 11.5 Å². The van der Waals surface area contributed by atoms with Gasteiger partial charge in [-0.2, -0.15) is 0 Å². The number of nitrogens with one attached hydrogen (secondary N) is 1. The first-order valence-corrected chi connectivity index (χ1v) is 7.03. The standard InChI is InChI=1S/C18H15NO3/c20-18(19-12-6-9-14-7-2-1-3-8-14)17-13-21-15-10-4-5-11-16(15)22-17/h1-5,7-8,10-11,17H,12-13H2,(H,19,20). The van der Waals surface area contributed by atoms with Crippen molar-refractivity contribution in [3.63, 3.8) is 0 Å². The number of benzene rings is 2. The number of fused-ring (bicyclic) bond motifs is 1. The first-order chi connectivity index (χ1) is 10.8. The van der Waals surface area contributed by atoms with E-state index in [1.807, 2.05) is 48.5 Å². The van der Waals surface area contributed by atoms with Crippen LogP contribution in [0.3, 0.4) is 0 Å². The molecule has 22 heavy (non-hydrogen) atoms. The zero-order chi connectivity index (χ0) is 15.2. The van der Waals surface area contributed by atoms with E-state index >= 15 is 0 Å². The lowest BCUT2D eigenvalue weighted by atomic mass is 10.2. The summed E-state index contributed by atoms with van der Waals surface area (Å²) in [7, 11) is 0. The van der Waals surface area contributed by atoms with E-state index in [9.17, 15) is 4.79 Å². The molecular formula is C18H15NO3. The van der Waals surface area contributed by atoms with Crippen LogP contribution in [-0.2, 0) is 4.79 Å². The molecule has 0 saturated heterocycles. The van der Waals surface area contributed by atoms with Crippen LogP contribution < -0.4 is 14.8 Å². The summed E-state index contributed by atoms with van der Waals surface area (Å²) in [6.07, 6.45) is -0.645. The summed E-state index contributed by atoms with van der Waals surface area (Å²) in [4.78, 5) is 12.0. The fourth-order valence-electron chi connectivity index (χ4n) is 2.06. The SMILES string of the molecule is O=C(NCC#Cc1ccccc1)C1COc2ccccc2O1. The van der Waals surface area contributed by atoms with Crippen molar-refractivity contribution in [1.82, 2.24) is 5.32 Å². The van der Waals surface area contributed by atoms with E-state index in [0.717, 1.165) is 5.56 Å². The van der Waals surface area contributed by atoms with Gasteiger partial charge in [0.15, 0.2) is 11.5 Å². The van der Waals surface area contributed by atoms with Gasteiger partial charge in [-0.05, 0) is 24.3 Å². The first kappa shape index (κ1) is 14.0. The van der Waals surface area contributed by atoms with E-state index in [-0.39, 0.29) is 19.1 Å². The maximum Gasteiger partial charge on any atom is 0.265 e. The second-order valence-corrected chi connectivity index (χ2v) is 4.75. The number of ether oxygens (including phenoxy) is 2. The summed E-state index contributed by atoms with van der Waals surface area (Å²) in [6, 6.07) is 16.9. The minimum absolute atomic E-state index is 0.203. The molecule has 0 saturated carbocycles. The van der Waals surface area contributed by atoms with Gasteiger partial charge in [-0.15, -0.1) is 0 Å². The minimum atomic E-state index is -0.645. The second kappa shape index (κ2) is 6.68. The van der Waals surface area contributed by atoms with Crippen LogP contribution in [0.4, 0.5) is 0 Å². The van der Waals surface area contributed by atoms with Gasteiger partial charge in [-0.25, -0.2) is 0 Å². The van der Waals surface area contributed by atoms with Crippen molar-refractivity contribution in [3.8, 4) is 23.3 Å². The van der Waals surface area contributed by atoms with Gasteiger partial charge in [-0.1, -0.05) is 42.2 Å². The molecule has 2 aromatic rings. The van der Waals surface area contributed by atoms with Gasteiger partial charge in [0.25, 0.3) is 5.91 Å².